The zero-order valence-electron chi connectivity index (χ0n) is 19.2. The molecule has 0 radical (unpaired) electrons. The van der Waals surface area contributed by atoms with Gasteiger partial charge in [0, 0.05) is 12.8 Å². The van der Waals surface area contributed by atoms with Crippen LogP contribution in [-0.4, -0.2) is 5.78 Å². The number of fused-ring (bicyclic) bond motifs is 5. The lowest BCUT2D eigenvalue weighted by atomic mass is 9.47. The topological polar surface area (TPSA) is 17.1 Å². The summed E-state index contributed by atoms with van der Waals surface area (Å²) < 4.78 is 0. The molecular weight excluding hydrogens is 340 g/mol. The van der Waals surface area contributed by atoms with E-state index in [-0.39, 0.29) is 0 Å². The van der Waals surface area contributed by atoms with Gasteiger partial charge in [0.05, 0.1) is 0 Å². The summed E-state index contributed by atoms with van der Waals surface area (Å²) in [6.07, 6.45) is 16.6. The van der Waals surface area contributed by atoms with E-state index in [2.05, 4.69) is 40.7 Å². The van der Waals surface area contributed by atoms with Crippen molar-refractivity contribution in [3.8, 4) is 0 Å². The minimum atomic E-state index is 0.403. The van der Waals surface area contributed by atoms with Gasteiger partial charge in [0.25, 0.3) is 0 Å². The molecule has 1 heteroatoms. The Kier molecular flexibility index (Phi) is 5.60. The van der Waals surface area contributed by atoms with Crippen molar-refractivity contribution in [1.29, 1.82) is 0 Å². The second-order valence-electron chi connectivity index (χ2n) is 12.0. The molecule has 0 aromatic carbocycles. The van der Waals surface area contributed by atoms with Crippen molar-refractivity contribution in [2.75, 3.05) is 0 Å². The van der Waals surface area contributed by atoms with Crippen LogP contribution in [0.2, 0.25) is 0 Å². The fourth-order valence-electron chi connectivity index (χ4n) is 8.33. The van der Waals surface area contributed by atoms with E-state index in [9.17, 15) is 4.79 Å². The maximum Gasteiger partial charge on any atom is 0.133 e. The van der Waals surface area contributed by atoms with Crippen molar-refractivity contribution >= 4 is 5.78 Å². The highest BCUT2D eigenvalue weighted by atomic mass is 16.1. The molecule has 4 aliphatic carbocycles. The molecule has 0 bridgehead atoms. The van der Waals surface area contributed by atoms with Gasteiger partial charge in [0.15, 0.2) is 0 Å². The van der Waals surface area contributed by atoms with Crippen molar-refractivity contribution < 1.29 is 4.79 Å². The van der Waals surface area contributed by atoms with Crippen molar-refractivity contribution in [1.82, 2.24) is 0 Å². The summed E-state index contributed by atoms with van der Waals surface area (Å²) >= 11 is 0. The molecule has 3 saturated carbocycles. The summed E-state index contributed by atoms with van der Waals surface area (Å²) in [5.41, 5.74) is 2.78. The summed E-state index contributed by atoms with van der Waals surface area (Å²) in [4.78, 5) is 12.1. The highest BCUT2D eigenvalue weighted by Crippen LogP contribution is 2.66. The summed E-state index contributed by atoms with van der Waals surface area (Å²) in [5.74, 6) is 5.40. The molecule has 0 aliphatic heterocycles. The summed E-state index contributed by atoms with van der Waals surface area (Å²) in [5, 5.41) is 0. The van der Waals surface area contributed by atoms with Gasteiger partial charge in [-0.05, 0) is 84.9 Å². The third-order valence-corrected chi connectivity index (χ3v) is 10.1. The first-order valence-electron chi connectivity index (χ1n) is 12.5. The number of ketones is 1. The van der Waals surface area contributed by atoms with Crippen molar-refractivity contribution in [3.63, 3.8) is 0 Å². The van der Waals surface area contributed by atoms with Crippen LogP contribution in [0.1, 0.15) is 105 Å². The number of rotatable bonds is 5. The van der Waals surface area contributed by atoms with Crippen LogP contribution in [0.25, 0.3) is 0 Å². The Labute approximate surface area is 174 Å². The number of allylic oxidation sites excluding steroid dienone is 2. The zero-order valence-corrected chi connectivity index (χ0v) is 19.2. The molecule has 1 unspecified atom stereocenters. The van der Waals surface area contributed by atoms with Crippen LogP contribution < -0.4 is 0 Å². The van der Waals surface area contributed by atoms with Crippen LogP contribution in [0.3, 0.4) is 0 Å². The van der Waals surface area contributed by atoms with Crippen LogP contribution >= 0.6 is 0 Å². The molecule has 0 heterocycles. The highest BCUT2D eigenvalue weighted by molar-refractivity contribution is 5.79. The first-order valence-corrected chi connectivity index (χ1v) is 12.5. The van der Waals surface area contributed by atoms with Crippen molar-refractivity contribution in [2.45, 2.75) is 105 Å². The predicted octanol–water partition coefficient (Wildman–Crippen LogP) is 7.60. The molecule has 0 amide bonds. The van der Waals surface area contributed by atoms with E-state index in [4.69, 9.17) is 0 Å². The minimum absolute atomic E-state index is 0.403. The van der Waals surface area contributed by atoms with E-state index in [1.165, 1.54) is 51.4 Å². The molecule has 0 aromatic rings. The quantitative estimate of drug-likeness (QED) is 0.446. The molecule has 28 heavy (non-hydrogen) atoms. The van der Waals surface area contributed by atoms with Gasteiger partial charge in [-0.25, -0.2) is 0 Å². The SMILES string of the molecule is CC(C)CCC[C@@H](C)[C@H]1CC[C@H]2C3=CCC4CC(=O)CC[C@]4(C)[C@H]3CC[C@]12C. The fraction of sp³-hybridized carbons (Fsp3) is 0.889. The van der Waals surface area contributed by atoms with E-state index < -0.39 is 0 Å². The van der Waals surface area contributed by atoms with Gasteiger partial charge < -0.3 is 0 Å². The summed E-state index contributed by atoms with van der Waals surface area (Å²) in [7, 11) is 0. The second-order valence-corrected chi connectivity index (χ2v) is 12.0. The van der Waals surface area contributed by atoms with E-state index in [0.29, 0.717) is 22.5 Å². The summed E-state index contributed by atoms with van der Waals surface area (Å²) in [6, 6.07) is 0. The molecule has 0 spiro atoms. The smallest absolute Gasteiger partial charge is 0.133 e. The average molecular weight is 385 g/mol. The maximum atomic E-state index is 12.1. The standard InChI is InChI=1S/C27H44O/c1-18(2)7-6-8-19(3)23-11-12-24-22-10-9-20-17-21(28)13-15-26(20,4)25(22)14-16-27(23,24)5/h10,18-20,23-25H,6-9,11-17H2,1-5H3/t19-,20?,23-,24+,25+,26+,27-/m1/s1. The van der Waals surface area contributed by atoms with Gasteiger partial charge in [0.1, 0.15) is 5.78 Å². The Morgan fingerprint density at radius 2 is 1.75 bits per heavy atom. The number of hydrogen-bond donors (Lipinski definition) is 0. The Morgan fingerprint density at radius 1 is 1.00 bits per heavy atom. The van der Waals surface area contributed by atoms with E-state index in [0.717, 1.165) is 48.9 Å². The van der Waals surface area contributed by atoms with Gasteiger partial charge in [-0.2, -0.15) is 0 Å². The first-order chi connectivity index (χ1) is 13.3. The molecule has 4 aliphatic rings. The van der Waals surface area contributed by atoms with E-state index >= 15 is 0 Å². The highest BCUT2D eigenvalue weighted by Gasteiger charge is 2.58. The minimum Gasteiger partial charge on any atom is -0.300 e. The largest absolute Gasteiger partial charge is 0.300 e. The lowest BCUT2D eigenvalue weighted by Gasteiger charge is -2.57. The molecule has 1 nitrogen and oxygen atoms in total. The molecule has 0 saturated heterocycles. The average Bonchev–Trinajstić information content (AvgIpc) is 2.99. The zero-order chi connectivity index (χ0) is 20.1. The van der Waals surface area contributed by atoms with Gasteiger partial charge >= 0.3 is 0 Å². The monoisotopic (exact) mass is 384 g/mol. The number of hydrogen-bond acceptors (Lipinski definition) is 1. The summed E-state index contributed by atoms with van der Waals surface area (Å²) in [6.45, 7) is 12.5. The second kappa shape index (κ2) is 7.59. The van der Waals surface area contributed by atoms with Gasteiger partial charge in [0.2, 0.25) is 0 Å². The molecule has 158 valence electrons. The predicted molar refractivity (Wildman–Crippen MR) is 118 cm³/mol. The number of Topliss-reactive ketones (excluding diaryl/α,β-unsaturated/α-hetero) is 1. The van der Waals surface area contributed by atoms with Crippen molar-refractivity contribution in [3.05, 3.63) is 11.6 Å². The molecule has 7 atom stereocenters. The normalized spacial score (nSPS) is 43.9. The Balaban J connectivity index is 1.51. The number of carbonyl (C=O) groups is 1. The maximum absolute atomic E-state index is 12.1. The molecule has 4 rings (SSSR count). The molecular formula is C27H44O. The van der Waals surface area contributed by atoms with Crippen LogP contribution in [-0.2, 0) is 4.79 Å². The Bertz CT molecular complexity index is 630. The lowest BCUT2D eigenvalue weighted by Crippen LogP contribution is -2.49. The van der Waals surface area contributed by atoms with Crippen LogP contribution in [0.4, 0.5) is 0 Å². The van der Waals surface area contributed by atoms with Gasteiger partial charge in [-0.15, -0.1) is 0 Å². The third-order valence-electron chi connectivity index (χ3n) is 10.1. The van der Waals surface area contributed by atoms with E-state index in [1.54, 1.807) is 0 Å². The van der Waals surface area contributed by atoms with Gasteiger partial charge in [-0.3, -0.25) is 4.79 Å². The molecule has 3 fully saturated rings. The van der Waals surface area contributed by atoms with Crippen LogP contribution in [0, 0.1) is 46.3 Å². The molecule has 0 aromatic heterocycles. The van der Waals surface area contributed by atoms with E-state index in [1.807, 2.05) is 5.57 Å². The van der Waals surface area contributed by atoms with Gasteiger partial charge in [-0.1, -0.05) is 65.5 Å². The number of carbonyl (C=O) groups excluding carboxylic acids is 1. The van der Waals surface area contributed by atoms with Crippen LogP contribution in [0.5, 0.6) is 0 Å². The van der Waals surface area contributed by atoms with Crippen LogP contribution in [0.15, 0.2) is 11.6 Å². The Morgan fingerprint density at radius 3 is 2.50 bits per heavy atom. The lowest BCUT2D eigenvalue weighted by molar-refractivity contribution is -0.127. The Hall–Kier alpha value is -0.590. The third kappa shape index (κ3) is 3.33. The molecule has 0 N–H and O–H groups in total. The first kappa shape index (κ1) is 20.7. The van der Waals surface area contributed by atoms with Crippen molar-refractivity contribution in [2.24, 2.45) is 46.3 Å². The fourth-order valence-corrected chi connectivity index (χ4v) is 8.33.